The Bertz CT molecular complexity index is 1790. The van der Waals surface area contributed by atoms with E-state index in [2.05, 4.69) is 0 Å². The summed E-state index contributed by atoms with van der Waals surface area (Å²) in [6.07, 6.45) is -4.06. The standard InChI is InChI=1S/C24BF20.C4H11O2S/c26-5-1(6(27)14(35)21(42)13(5)34)25(2-7(28)15(36)22(43)16(37)8(2)29,3-9(30)17(38)23(44)18(39)10(3)31)4-11(32)19(40)24(45)20(41)12(4)33;1-4-6-7(2,3)5/h;4H2,1-3H3/q-1;+1. The number of benzene rings is 4. The van der Waals surface area contributed by atoms with E-state index in [4.69, 9.17) is 4.18 Å². The Morgan fingerprint density at radius 3 is 0.577 bits per heavy atom. The predicted octanol–water partition coefficient (Wildman–Crippen LogP) is 6.54. The van der Waals surface area contributed by atoms with Crippen molar-refractivity contribution in [3.8, 4) is 0 Å². The SMILES string of the molecule is CCO[S+](C)(C)=O.Fc1c(F)c(F)c([B-](c2c(F)c(F)c(F)c(F)c2F)(c2c(F)c(F)c(F)c(F)c2F)c2c(F)c(F)c(F)c(F)c2F)c(F)c1F. The lowest BCUT2D eigenvalue weighted by atomic mass is 9.12. The van der Waals surface area contributed by atoms with E-state index in [-0.39, 0.29) is 0 Å². The quantitative estimate of drug-likeness (QED) is 0.0729. The Hall–Kier alpha value is -4.35. The summed E-state index contributed by atoms with van der Waals surface area (Å²) in [6.45, 7) is 2.36. The third-order valence-electron chi connectivity index (χ3n) is 7.11. The Morgan fingerprint density at radius 2 is 0.481 bits per heavy atom. The van der Waals surface area contributed by atoms with Crippen molar-refractivity contribution in [2.45, 2.75) is 6.92 Å². The topological polar surface area (TPSA) is 26.3 Å². The van der Waals surface area contributed by atoms with Crippen LogP contribution in [0, 0.1) is 116 Å². The van der Waals surface area contributed by atoms with Crippen LogP contribution in [0.4, 0.5) is 87.8 Å². The van der Waals surface area contributed by atoms with E-state index in [1.165, 1.54) is 0 Å². The van der Waals surface area contributed by atoms with Crippen LogP contribution in [-0.2, 0) is 18.6 Å². The van der Waals surface area contributed by atoms with Crippen LogP contribution in [0.15, 0.2) is 0 Å². The molecular weight excluding hydrogens is 791 g/mol. The molecule has 0 radical (unpaired) electrons. The molecule has 284 valence electrons. The summed E-state index contributed by atoms with van der Waals surface area (Å²) in [5.74, 6) is -71.4. The van der Waals surface area contributed by atoms with Crippen molar-refractivity contribution in [1.29, 1.82) is 0 Å². The molecule has 4 aromatic carbocycles. The highest BCUT2D eigenvalue weighted by Gasteiger charge is 2.52. The molecule has 0 aliphatic heterocycles. The molecule has 0 saturated heterocycles. The molecule has 0 spiro atoms. The lowest BCUT2D eigenvalue weighted by molar-refractivity contribution is 0.355. The van der Waals surface area contributed by atoms with Crippen molar-refractivity contribution in [3.63, 3.8) is 0 Å². The van der Waals surface area contributed by atoms with E-state index in [0.717, 1.165) is 0 Å². The van der Waals surface area contributed by atoms with Crippen molar-refractivity contribution in [3.05, 3.63) is 116 Å². The molecule has 0 unspecified atom stereocenters. The van der Waals surface area contributed by atoms with Crippen LogP contribution in [0.2, 0.25) is 0 Å². The molecule has 0 heterocycles. The first-order valence-electron chi connectivity index (χ1n) is 13.1. The van der Waals surface area contributed by atoms with Gasteiger partial charge < -0.3 is 0 Å². The monoisotopic (exact) mass is 802 g/mol. The Labute approximate surface area is 277 Å². The normalized spacial score (nSPS) is 12.0. The summed E-state index contributed by atoms with van der Waals surface area (Å²) in [5, 5.41) is 0. The fraction of sp³-hybridized carbons (Fsp3) is 0.143. The second-order valence-corrected chi connectivity index (χ2v) is 12.9. The van der Waals surface area contributed by atoms with Crippen LogP contribution in [0.5, 0.6) is 0 Å². The minimum Gasteiger partial charge on any atom is -0.207 e. The second-order valence-electron chi connectivity index (χ2n) is 10.3. The lowest BCUT2D eigenvalue weighted by Gasteiger charge is -2.44. The lowest BCUT2D eigenvalue weighted by Crippen LogP contribution is -2.81. The molecule has 0 amide bonds. The van der Waals surface area contributed by atoms with Gasteiger partial charge in [0.25, 0.3) is 0 Å². The average molecular weight is 802 g/mol. The van der Waals surface area contributed by atoms with Crippen LogP contribution >= 0.6 is 0 Å². The van der Waals surface area contributed by atoms with E-state index in [1.54, 1.807) is 12.5 Å². The molecule has 0 aliphatic carbocycles. The molecule has 0 bridgehead atoms. The first kappa shape index (κ1) is 42.1. The molecule has 52 heavy (non-hydrogen) atoms. The van der Waals surface area contributed by atoms with E-state index in [0.29, 0.717) is 6.61 Å². The van der Waals surface area contributed by atoms with Gasteiger partial charge in [-0.25, -0.2) is 87.8 Å². The van der Waals surface area contributed by atoms with Gasteiger partial charge in [-0.05, 0) is 6.92 Å². The molecular formula is C28H11BF20O2S. The number of hydrogen-bond donors (Lipinski definition) is 0. The Kier molecular flexibility index (Phi) is 11.8. The zero-order valence-electron chi connectivity index (χ0n) is 25.1. The maximum atomic E-state index is 15.4. The molecule has 24 heteroatoms. The van der Waals surface area contributed by atoms with Gasteiger partial charge in [0.2, 0.25) is 10.2 Å². The van der Waals surface area contributed by atoms with Crippen molar-refractivity contribution in [2.24, 2.45) is 0 Å². The van der Waals surface area contributed by atoms with Gasteiger partial charge in [0.1, 0.15) is 71.8 Å². The first-order chi connectivity index (χ1) is 23.8. The van der Waals surface area contributed by atoms with Crippen LogP contribution < -0.4 is 21.9 Å². The largest absolute Gasteiger partial charge is 0.211 e. The molecule has 0 aromatic heterocycles. The van der Waals surface area contributed by atoms with Crippen molar-refractivity contribution >= 4 is 38.2 Å². The van der Waals surface area contributed by atoms with Crippen LogP contribution in [0.1, 0.15) is 6.92 Å². The van der Waals surface area contributed by atoms with Gasteiger partial charge in [-0.1, -0.05) is 4.21 Å². The molecule has 4 aromatic rings. The zero-order valence-corrected chi connectivity index (χ0v) is 25.9. The molecule has 4 rings (SSSR count). The Morgan fingerprint density at radius 1 is 0.346 bits per heavy atom. The van der Waals surface area contributed by atoms with E-state index < -0.39 is 155 Å². The van der Waals surface area contributed by atoms with Gasteiger partial charge in [-0.15, -0.1) is 21.9 Å². The highest BCUT2D eigenvalue weighted by Crippen LogP contribution is 2.30. The Balaban J connectivity index is 0.000000944. The fourth-order valence-electron chi connectivity index (χ4n) is 5.16. The van der Waals surface area contributed by atoms with Gasteiger partial charge in [0.15, 0.2) is 69.8 Å². The van der Waals surface area contributed by atoms with Gasteiger partial charge in [-0.3, -0.25) is 0 Å². The van der Waals surface area contributed by atoms with Gasteiger partial charge >= 0.3 is 0 Å². The second kappa shape index (κ2) is 14.6. The molecule has 0 aliphatic rings. The zero-order chi connectivity index (χ0) is 40.3. The van der Waals surface area contributed by atoms with Crippen LogP contribution in [0.25, 0.3) is 0 Å². The maximum absolute atomic E-state index is 15.4. The smallest absolute Gasteiger partial charge is 0.207 e. The average Bonchev–Trinajstić information content (AvgIpc) is 3.07. The van der Waals surface area contributed by atoms with Gasteiger partial charge in [0.05, 0.1) is 0 Å². The van der Waals surface area contributed by atoms with E-state index in [1.807, 2.05) is 6.92 Å². The van der Waals surface area contributed by atoms with Crippen LogP contribution in [0.3, 0.4) is 0 Å². The van der Waals surface area contributed by atoms with E-state index in [9.17, 15) is 56.9 Å². The summed E-state index contributed by atoms with van der Waals surface area (Å²) in [4.78, 5) is 0. The fourth-order valence-corrected chi connectivity index (χ4v) is 5.73. The summed E-state index contributed by atoms with van der Waals surface area (Å²) < 4.78 is 309. The minimum atomic E-state index is -7.22. The summed E-state index contributed by atoms with van der Waals surface area (Å²) in [7, 11) is -1.92. The third kappa shape index (κ3) is 6.36. The number of hydrogen-bond acceptors (Lipinski definition) is 2. The summed E-state index contributed by atoms with van der Waals surface area (Å²) in [5.41, 5.74) is -14.3. The first-order valence-corrected chi connectivity index (χ1v) is 15.4. The molecule has 0 fully saturated rings. The molecule has 0 N–H and O–H groups in total. The van der Waals surface area contributed by atoms with Gasteiger partial charge in [0, 0.05) is 0 Å². The van der Waals surface area contributed by atoms with Crippen molar-refractivity contribution in [2.75, 3.05) is 19.1 Å². The highest BCUT2D eigenvalue weighted by atomic mass is 32.3. The molecule has 0 saturated carbocycles. The molecule has 2 nitrogen and oxygen atoms in total. The summed E-state index contributed by atoms with van der Waals surface area (Å²) in [6, 6.07) is 0. The minimum absolute atomic E-state index is 0.534. The number of rotatable bonds is 6. The predicted molar refractivity (Wildman–Crippen MR) is 141 cm³/mol. The van der Waals surface area contributed by atoms with Crippen molar-refractivity contribution in [1.82, 2.24) is 0 Å². The molecule has 0 atom stereocenters. The van der Waals surface area contributed by atoms with Crippen LogP contribution in [-0.4, -0.2) is 25.3 Å². The highest BCUT2D eigenvalue weighted by molar-refractivity contribution is 7.97. The summed E-state index contributed by atoms with van der Waals surface area (Å²) >= 11 is 0. The van der Waals surface area contributed by atoms with E-state index >= 15 is 35.1 Å². The van der Waals surface area contributed by atoms with Gasteiger partial charge in [-0.2, -0.15) is 4.18 Å². The third-order valence-corrected chi connectivity index (χ3v) is 7.91. The maximum Gasteiger partial charge on any atom is 0.211 e. The van der Waals surface area contributed by atoms with Crippen molar-refractivity contribution < 1.29 is 96.2 Å². The number of halogens is 20.